The van der Waals surface area contributed by atoms with Crippen LogP contribution in [0.5, 0.6) is 11.5 Å². The van der Waals surface area contributed by atoms with Crippen molar-refractivity contribution in [2.75, 3.05) is 27.3 Å². The average molecular weight is 609 g/mol. The number of nitrogens with one attached hydrogen (secondary N) is 1. The predicted molar refractivity (Wildman–Crippen MR) is 164 cm³/mol. The highest BCUT2D eigenvalue weighted by molar-refractivity contribution is 6.23. The van der Waals surface area contributed by atoms with E-state index in [9.17, 15) is 24.0 Å². The van der Waals surface area contributed by atoms with Gasteiger partial charge in [-0.1, -0.05) is 11.8 Å². The Kier molecular flexibility index (Phi) is 7.76. The van der Waals surface area contributed by atoms with Crippen molar-refractivity contribution < 1.29 is 28.7 Å². The number of hydrogen-bond donors (Lipinski definition) is 1. The topological polar surface area (TPSA) is 127 Å². The molecule has 3 aliphatic rings. The molecular weight excluding hydrogens is 576 g/mol. The summed E-state index contributed by atoms with van der Waals surface area (Å²) in [5.41, 5.74) is 4.34. The summed E-state index contributed by atoms with van der Waals surface area (Å²) < 4.78 is 13.1. The van der Waals surface area contributed by atoms with Gasteiger partial charge in [-0.15, -0.1) is 0 Å². The summed E-state index contributed by atoms with van der Waals surface area (Å²) in [5, 5.41) is 2.20. The van der Waals surface area contributed by atoms with Crippen LogP contribution >= 0.6 is 0 Å². The van der Waals surface area contributed by atoms with Crippen LogP contribution in [0.4, 0.5) is 0 Å². The minimum Gasteiger partial charge on any atom is -0.496 e. The van der Waals surface area contributed by atoms with Crippen LogP contribution in [0.3, 0.4) is 0 Å². The summed E-state index contributed by atoms with van der Waals surface area (Å²) in [4.78, 5) is 65.2. The van der Waals surface area contributed by atoms with E-state index in [1.807, 2.05) is 18.2 Å². The molecule has 45 heavy (non-hydrogen) atoms. The third-order valence-electron chi connectivity index (χ3n) is 8.50. The van der Waals surface area contributed by atoms with Crippen LogP contribution in [0.2, 0.25) is 0 Å². The number of ether oxygens (including phenoxy) is 2. The van der Waals surface area contributed by atoms with Crippen molar-refractivity contribution in [3.8, 4) is 34.5 Å². The van der Waals surface area contributed by atoms with Gasteiger partial charge in [0.2, 0.25) is 11.8 Å². The van der Waals surface area contributed by atoms with Crippen LogP contribution in [0.1, 0.15) is 50.2 Å². The third kappa shape index (κ3) is 5.49. The molecule has 0 saturated carbocycles. The largest absolute Gasteiger partial charge is 0.496 e. The Labute approximate surface area is 259 Å². The average Bonchev–Trinajstić information content (AvgIpc) is 3.25. The number of carbonyl (C=O) groups excluding carboxylic acids is 4. The Morgan fingerprint density at radius 1 is 0.911 bits per heavy atom. The molecule has 2 fully saturated rings. The van der Waals surface area contributed by atoms with Gasteiger partial charge in [-0.25, -0.2) is 0 Å². The van der Waals surface area contributed by atoms with E-state index >= 15 is 0 Å². The van der Waals surface area contributed by atoms with Crippen LogP contribution in [0.15, 0.2) is 47.4 Å². The van der Waals surface area contributed by atoms with Crippen molar-refractivity contribution in [2.45, 2.75) is 32.4 Å². The zero-order valence-corrected chi connectivity index (χ0v) is 25.4. The fourth-order valence-corrected chi connectivity index (χ4v) is 6.09. The predicted octanol–water partition coefficient (Wildman–Crippen LogP) is 2.26. The second-order valence-corrected chi connectivity index (χ2v) is 11.6. The smallest absolute Gasteiger partial charge is 0.262 e. The van der Waals surface area contributed by atoms with Gasteiger partial charge >= 0.3 is 0 Å². The molecule has 3 aromatic rings. The number of fused-ring (bicyclic) bond motifs is 1. The molecular formula is C34H32N4O7. The zero-order valence-electron chi connectivity index (χ0n) is 25.4. The number of imide groups is 2. The molecule has 11 nitrogen and oxygen atoms in total. The lowest BCUT2D eigenvalue weighted by Crippen LogP contribution is -2.54. The van der Waals surface area contributed by atoms with Gasteiger partial charge < -0.3 is 14.0 Å². The molecule has 1 unspecified atom stereocenters. The molecule has 1 atom stereocenters. The summed E-state index contributed by atoms with van der Waals surface area (Å²) >= 11 is 0. The highest BCUT2D eigenvalue weighted by Gasteiger charge is 2.44. The molecule has 230 valence electrons. The molecule has 1 N–H and O–H groups in total. The van der Waals surface area contributed by atoms with Gasteiger partial charge in [-0.3, -0.25) is 39.1 Å². The lowest BCUT2D eigenvalue weighted by atomic mass is 9.97. The summed E-state index contributed by atoms with van der Waals surface area (Å²) in [6.07, 6.45) is 1.98. The first kappa shape index (κ1) is 29.8. The number of likely N-dealkylation sites (tertiary alicyclic amines) is 1. The number of methoxy groups -OCH3 is 2. The Morgan fingerprint density at radius 3 is 2.24 bits per heavy atom. The van der Waals surface area contributed by atoms with E-state index in [1.54, 1.807) is 57.2 Å². The number of piperidine rings is 1. The molecule has 0 bridgehead atoms. The SMILES string of the molecule is COc1cc(-c2cc(C)c(=O)n(C)c2)cc(OC)c1CN1CC(C#Cc2ccc3c(c2)C(=O)N(C2CCC(=O)NC2=O)C3=O)C1. The van der Waals surface area contributed by atoms with Gasteiger partial charge in [-0.05, 0) is 60.9 Å². The van der Waals surface area contributed by atoms with Crippen molar-refractivity contribution in [3.05, 3.63) is 80.8 Å². The van der Waals surface area contributed by atoms with Crippen LogP contribution in [-0.2, 0) is 23.2 Å². The molecule has 0 spiro atoms. The fraction of sp³-hybridized carbons (Fsp3) is 0.324. The van der Waals surface area contributed by atoms with Crippen LogP contribution in [-0.4, -0.2) is 71.3 Å². The van der Waals surface area contributed by atoms with Crippen molar-refractivity contribution in [2.24, 2.45) is 13.0 Å². The van der Waals surface area contributed by atoms with E-state index in [-0.39, 0.29) is 35.4 Å². The van der Waals surface area contributed by atoms with Crippen LogP contribution < -0.4 is 20.3 Å². The van der Waals surface area contributed by atoms with Crippen LogP contribution in [0, 0.1) is 24.7 Å². The summed E-state index contributed by atoms with van der Waals surface area (Å²) in [5.74, 6) is 5.74. The first-order valence-corrected chi connectivity index (χ1v) is 14.6. The van der Waals surface area contributed by atoms with E-state index in [1.165, 1.54) is 0 Å². The number of amides is 4. The zero-order chi connectivity index (χ0) is 32.0. The van der Waals surface area contributed by atoms with Gasteiger partial charge in [0.1, 0.15) is 17.5 Å². The van der Waals surface area contributed by atoms with Crippen molar-refractivity contribution >= 4 is 23.6 Å². The first-order chi connectivity index (χ1) is 21.6. The van der Waals surface area contributed by atoms with E-state index < -0.39 is 29.7 Å². The minimum absolute atomic E-state index is 0.0408. The first-order valence-electron chi connectivity index (χ1n) is 14.6. The van der Waals surface area contributed by atoms with Gasteiger partial charge in [0.15, 0.2) is 0 Å². The number of pyridine rings is 1. The maximum atomic E-state index is 13.1. The van der Waals surface area contributed by atoms with E-state index in [4.69, 9.17) is 9.47 Å². The second-order valence-electron chi connectivity index (χ2n) is 11.6. The number of carbonyl (C=O) groups is 4. The summed E-state index contributed by atoms with van der Waals surface area (Å²) in [6, 6.07) is 9.62. The molecule has 6 rings (SSSR count). The molecule has 3 aliphatic heterocycles. The van der Waals surface area contributed by atoms with Crippen LogP contribution in [0.25, 0.3) is 11.1 Å². The number of aryl methyl sites for hydroxylation is 2. The van der Waals surface area contributed by atoms with Gasteiger partial charge in [-0.2, -0.15) is 0 Å². The number of benzene rings is 2. The van der Waals surface area contributed by atoms with Crippen molar-refractivity contribution in [1.82, 2.24) is 19.7 Å². The number of rotatable bonds is 6. The molecule has 2 saturated heterocycles. The standard InChI is InChI=1S/C34H32N4O7/c1-19-11-23(17-36(2)32(19)41)22-13-28(44-3)26(29(14-22)45-4)18-37-15-21(16-37)6-5-20-7-8-24-25(12-20)34(43)38(33(24)42)27-9-10-30(39)35-31(27)40/h7-8,11-14,17,21,27H,9-10,15-16,18H2,1-4H3,(H,35,39,40). The van der Waals surface area contributed by atoms with Crippen molar-refractivity contribution in [3.63, 3.8) is 0 Å². The molecule has 0 radical (unpaired) electrons. The molecule has 4 heterocycles. The van der Waals surface area contributed by atoms with Crippen molar-refractivity contribution in [1.29, 1.82) is 0 Å². The maximum absolute atomic E-state index is 13.1. The second kappa shape index (κ2) is 11.7. The molecule has 1 aromatic heterocycles. The fourth-order valence-electron chi connectivity index (χ4n) is 6.09. The maximum Gasteiger partial charge on any atom is 0.262 e. The highest BCUT2D eigenvalue weighted by atomic mass is 16.5. The third-order valence-corrected chi connectivity index (χ3v) is 8.50. The quantitative estimate of drug-likeness (QED) is 0.334. The monoisotopic (exact) mass is 608 g/mol. The lowest BCUT2D eigenvalue weighted by molar-refractivity contribution is -0.136. The van der Waals surface area contributed by atoms with Gasteiger partial charge in [0.25, 0.3) is 17.4 Å². The summed E-state index contributed by atoms with van der Waals surface area (Å²) in [6.45, 7) is 3.85. The Balaban J connectivity index is 1.13. The molecule has 0 aliphatic carbocycles. The normalized spacial score (nSPS) is 18.2. The molecule has 11 heteroatoms. The number of hydrogen-bond acceptors (Lipinski definition) is 8. The van der Waals surface area contributed by atoms with E-state index in [0.717, 1.165) is 34.7 Å². The Hall–Kier alpha value is -5.21. The lowest BCUT2D eigenvalue weighted by Gasteiger charge is -2.37. The molecule has 2 aromatic carbocycles. The van der Waals surface area contributed by atoms with Gasteiger partial charge in [0.05, 0.1) is 30.9 Å². The number of nitrogens with zero attached hydrogens (tertiary/aromatic N) is 3. The Bertz CT molecular complexity index is 1840. The Morgan fingerprint density at radius 2 is 1.60 bits per heavy atom. The van der Waals surface area contributed by atoms with E-state index in [2.05, 4.69) is 22.1 Å². The summed E-state index contributed by atoms with van der Waals surface area (Å²) in [7, 11) is 4.97. The number of aromatic nitrogens is 1. The van der Waals surface area contributed by atoms with Gasteiger partial charge in [0, 0.05) is 56.3 Å². The van der Waals surface area contributed by atoms with E-state index in [0.29, 0.717) is 29.2 Å². The molecule has 4 amide bonds. The highest BCUT2D eigenvalue weighted by Crippen LogP contribution is 2.37. The minimum atomic E-state index is -1.00.